The summed E-state index contributed by atoms with van der Waals surface area (Å²) in [6.07, 6.45) is 0. The largest absolute Gasteiger partial charge is 0.448 e. The van der Waals surface area contributed by atoms with E-state index in [1.54, 1.807) is 0 Å². The maximum atomic E-state index is 10.4. The van der Waals surface area contributed by atoms with Gasteiger partial charge in [0.1, 0.15) is 0 Å². The molecule has 0 atom stereocenters. The number of thioether (sulfide) groups is 1. The van der Waals surface area contributed by atoms with Gasteiger partial charge in [0, 0.05) is 0 Å². The van der Waals surface area contributed by atoms with Crippen LogP contribution in [0.25, 0.3) is 0 Å². The lowest BCUT2D eigenvalue weighted by atomic mass is 10.5. The molecular formula is C5H8O2S. The second kappa shape index (κ2) is 1.65. The molecule has 1 aliphatic rings. The van der Waals surface area contributed by atoms with Crippen molar-refractivity contribution in [2.75, 3.05) is 5.75 Å². The Balaban J connectivity index is 2.56. The third-order valence-electron chi connectivity index (χ3n) is 0.897. The van der Waals surface area contributed by atoms with Crippen molar-refractivity contribution in [1.29, 1.82) is 0 Å². The molecular weight excluding hydrogens is 124 g/mol. The van der Waals surface area contributed by atoms with Crippen LogP contribution in [0.1, 0.15) is 13.8 Å². The first kappa shape index (κ1) is 5.95. The van der Waals surface area contributed by atoms with Crippen molar-refractivity contribution in [3.05, 3.63) is 0 Å². The molecule has 0 aliphatic carbocycles. The van der Waals surface area contributed by atoms with Crippen LogP contribution in [0.2, 0.25) is 0 Å². The fourth-order valence-electron chi connectivity index (χ4n) is 0.566. The summed E-state index contributed by atoms with van der Waals surface area (Å²) >= 11 is 1.54. The second-order valence-corrected chi connectivity index (χ2v) is 3.72. The van der Waals surface area contributed by atoms with Crippen LogP contribution in [-0.2, 0) is 9.53 Å². The van der Waals surface area contributed by atoms with Crippen LogP contribution in [0.3, 0.4) is 0 Å². The van der Waals surface area contributed by atoms with Gasteiger partial charge in [-0.2, -0.15) is 0 Å². The fraction of sp³-hybridized carbons (Fsp3) is 0.800. The van der Waals surface area contributed by atoms with Crippen molar-refractivity contribution >= 4 is 17.7 Å². The number of carbonyl (C=O) groups excluding carboxylic acids is 1. The van der Waals surface area contributed by atoms with E-state index in [0.29, 0.717) is 5.75 Å². The maximum Gasteiger partial charge on any atom is 0.317 e. The third-order valence-corrected chi connectivity index (χ3v) is 2.06. The Morgan fingerprint density at radius 3 is 2.50 bits per heavy atom. The van der Waals surface area contributed by atoms with Crippen molar-refractivity contribution in [1.82, 2.24) is 0 Å². The molecule has 3 heteroatoms. The maximum absolute atomic E-state index is 10.4. The number of hydrogen-bond donors (Lipinski definition) is 0. The van der Waals surface area contributed by atoms with Gasteiger partial charge in [0.05, 0.1) is 5.75 Å². The van der Waals surface area contributed by atoms with Crippen LogP contribution >= 0.6 is 11.8 Å². The van der Waals surface area contributed by atoms with Gasteiger partial charge in [-0.15, -0.1) is 11.8 Å². The molecule has 0 radical (unpaired) electrons. The molecule has 0 aromatic rings. The number of rotatable bonds is 0. The fourth-order valence-corrected chi connectivity index (χ4v) is 1.24. The minimum Gasteiger partial charge on any atom is -0.448 e. The normalized spacial score (nSPS) is 25.5. The van der Waals surface area contributed by atoms with Crippen molar-refractivity contribution < 1.29 is 9.53 Å². The highest BCUT2D eigenvalue weighted by Gasteiger charge is 2.31. The summed E-state index contributed by atoms with van der Waals surface area (Å²) < 4.78 is 4.87. The average molecular weight is 132 g/mol. The van der Waals surface area contributed by atoms with Crippen molar-refractivity contribution in [3.63, 3.8) is 0 Å². The zero-order valence-electron chi connectivity index (χ0n) is 4.93. The lowest BCUT2D eigenvalue weighted by Crippen LogP contribution is -2.14. The van der Waals surface area contributed by atoms with Crippen LogP contribution in [0.15, 0.2) is 0 Å². The van der Waals surface area contributed by atoms with Gasteiger partial charge in [0.2, 0.25) is 0 Å². The molecule has 0 N–H and O–H groups in total. The number of cyclic esters (lactones) is 1. The van der Waals surface area contributed by atoms with E-state index in [2.05, 4.69) is 0 Å². The quantitative estimate of drug-likeness (QED) is 0.460. The van der Waals surface area contributed by atoms with Gasteiger partial charge in [-0.1, -0.05) is 0 Å². The Morgan fingerprint density at radius 2 is 2.38 bits per heavy atom. The van der Waals surface area contributed by atoms with E-state index >= 15 is 0 Å². The summed E-state index contributed by atoms with van der Waals surface area (Å²) in [5.74, 6) is 0.410. The van der Waals surface area contributed by atoms with Gasteiger partial charge in [-0.3, -0.25) is 4.79 Å². The van der Waals surface area contributed by atoms with E-state index in [1.165, 1.54) is 11.8 Å². The molecule has 0 saturated carbocycles. The number of ether oxygens (including phenoxy) is 1. The molecule has 2 nitrogen and oxygen atoms in total. The topological polar surface area (TPSA) is 26.3 Å². The summed E-state index contributed by atoms with van der Waals surface area (Å²) in [4.78, 5) is 10.1. The van der Waals surface area contributed by atoms with E-state index in [1.807, 2.05) is 13.8 Å². The average Bonchev–Trinajstić information content (AvgIpc) is 1.82. The summed E-state index contributed by atoms with van der Waals surface area (Å²) in [6, 6.07) is 0. The molecule has 1 fully saturated rings. The van der Waals surface area contributed by atoms with Crippen molar-refractivity contribution in [2.45, 2.75) is 18.8 Å². The van der Waals surface area contributed by atoms with Gasteiger partial charge >= 0.3 is 5.97 Å². The molecule has 0 amide bonds. The van der Waals surface area contributed by atoms with Gasteiger partial charge in [0.15, 0.2) is 4.93 Å². The highest BCUT2D eigenvalue weighted by atomic mass is 32.2. The summed E-state index contributed by atoms with van der Waals surface area (Å²) in [5.41, 5.74) is 0. The molecule has 1 rings (SSSR count). The molecule has 0 aromatic carbocycles. The van der Waals surface area contributed by atoms with Gasteiger partial charge in [-0.25, -0.2) is 0 Å². The van der Waals surface area contributed by atoms with Crippen LogP contribution in [-0.4, -0.2) is 16.7 Å². The van der Waals surface area contributed by atoms with Gasteiger partial charge in [-0.05, 0) is 13.8 Å². The smallest absolute Gasteiger partial charge is 0.317 e. The Hall–Kier alpha value is -0.180. The lowest BCUT2D eigenvalue weighted by molar-refractivity contribution is -0.143. The summed E-state index contributed by atoms with van der Waals surface area (Å²) in [7, 11) is 0. The molecule has 0 aromatic heterocycles. The summed E-state index contributed by atoms with van der Waals surface area (Å²) in [6.45, 7) is 3.78. The number of hydrogen-bond acceptors (Lipinski definition) is 3. The molecule has 1 aliphatic heterocycles. The van der Waals surface area contributed by atoms with Gasteiger partial charge < -0.3 is 4.74 Å². The standard InChI is InChI=1S/C5H8O2S/c1-5(2)7-4(6)3-8-5/h3H2,1-2H3. The Morgan fingerprint density at radius 1 is 1.75 bits per heavy atom. The second-order valence-electron chi connectivity index (χ2n) is 2.16. The van der Waals surface area contributed by atoms with E-state index in [9.17, 15) is 4.79 Å². The Bertz CT molecular complexity index is 120. The Kier molecular flexibility index (Phi) is 1.23. The third kappa shape index (κ3) is 1.15. The first-order valence-corrected chi connectivity index (χ1v) is 3.44. The number of esters is 1. The highest BCUT2D eigenvalue weighted by Crippen LogP contribution is 2.31. The van der Waals surface area contributed by atoms with Crippen molar-refractivity contribution in [2.24, 2.45) is 0 Å². The highest BCUT2D eigenvalue weighted by molar-refractivity contribution is 8.01. The van der Waals surface area contributed by atoms with E-state index in [-0.39, 0.29) is 10.9 Å². The molecule has 0 unspecified atom stereocenters. The molecule has 1 heterocycles. The lowest BCUT2D eigenvalue weighted by Gasteiger charge is -2.12. The minimum atomic E-state index is -0.267. The SMILES string of the molecule is CC1(C)OC(=O)CS1. The molecule has 46 valence electrons. The number of carbonyl (C=O) groups is 1. The van der Waals surface area contributed by atoms with E-state index < -0.39 is 0 Å². The first-order valence-electron chi connectivity index (χ1n) is 2.46. The predicted octanol–water partition coefficient (Wildman–Crippen LogP) is 1.01. The van der Waals surface area contributed by atoms with Crippen LogP contribution in [0.4, 0.5) is 0 Å². The van der Waals surface area contributed by atoms with Crippen molar-refractivity contribution in [3.8, 4) is 0 Å². The Labute approximate surface area is 52.6 Å². The van der Waals surface area contributed by atoms with Crippen LogP contribution in [0, 0.1) is 0 Å². The predicted molar refractivity (Wildman–Crippen MR) is 32.6 cm³/mol. The first-order chi connectivity index (χ1) is 3.60. The van der Waals surface area contributed by atoms with E-state index in [0.717, 1.165) is 0 Å². The molecule has 0 bridgehead atoms. The molecule has 1 saturated heterocycles. The van der Waals surface area contributed by atoms with E-state index in [4.69, 9.17) is 4.74 Å². The molecule has 8 heavy (non-hydrogen) atoms. The zero-order valence-corrected chi connectivity index (χ0v) is 5.75. The molecule has 0 spiro atoms. The monoisotopic (exact) mass is 132 g/mol. The minimum absolute atomic E-state index is 0.0972. The van der Waals surface area contributed by atoms with Gasteiger partial charge in [0.25, 0.3) is 0 Å². The summed E-state index contributed by atoms with van der Waals surface area (Å²) in [5, 5.41) is 0. The van der Waals surface area contributed by atoms with Crippen LogP contribution in [0.5, 0.6) is 0 Å². The zero-order chi connectivity index (χ0) is 6.20. The van der Waals surface area contributed by atoms with Crippen LogP contribution < -0.4 is 0 Å².